The van der Waals surface area contributed by atoms with E-state index in [0.29, 0.717) is 80.7 Å². The molecule has 22 nitrogen and oxygen atoms in total. The van der Waals surface area contributed by atoms with Crippen LogP contribution in [0.25, 0.3) is 87.2 Å². The molecule has 8 aromatic carbocycles. The predicted octanol–water partition coefficient (Wildman–Crippen LogP) is 18.6. The number of halogens is 5. The van der Waals surface area contributed by atoms with Gasteiger partial charge >= 0.3 is 17.9 Å². The number of aromatic nitrogens is 13. The van der Waals surface area contributed by atoms with Gasteiger partial charge in [0.1, 0.15) is 5.82 Å². The first-order valence-electron chi connectivity index (χ1n) is 34.1. The number of alkyl halides is 1. The van der Waals surface area contributed by atoms with Crippen molar-refractivity contribution in [1.82, 2.24) is 69.8 Å². The molecule has 0 aliphatic heterocycles. The van der Waals surface area contributed by atoms with Crippen molar-refractivity contribution in [3.8, 4) is 0 Å². The van der Waals surface area contributed by atoms with Gasteiger partial charge in [-0.2, -0.15) is 20.4 Å². The monoisotopic (exact) mass is 1580 g/mol. The summed E-state index contributed by atoms with van der Waals surface area (Å²) in [5.74, 6) is -0.509. The van der Waals surface area contributed by atoms with Crippen LogP contribution in [0.3, 0.4) is 0 Å². The van der Waals surface area contributed by atoms with Crippen molar-refractivity contribution < 1.29 is 33.4 Å². The molecule has 9 aromatic heterocycles. The minimum atomic E-state index is -0.440. The number of anilines is 1. The smallest absolute Gasteiger partial charge is 0.359 e. The quantitative estimate of drug-likeness (QED) is 0.0549. The van der Waals surface area contributed by atoms with E-state index >= 15 is 0 Å². The number of esters is 3. The third-order valence-corrected chi connectivity index (χ3v) is 18.9. The van der Waals surface area contributed by atoms with Crippen molar-refractivity contribution in [2.75, 3.05) is 27.1 Å². The zero-order chi connectivity index (χ0) is 77.1. The van der Waals surface area contributed by atoms with E-state index in [2.05, 4.69) is 60.5 Å². The van der Waals surface area contributed by atoms with Crippen LogP contribution < -0.4 is 11.1 Å². The fraction of sp³-hybridized carbons (Fsp3) is 0.131. The Balaban J connectivity index is 0.000000134. The first-order valence-corrected chi connectivity index (χ1v) is 36.1. The Bertz CT molecular complexity index is 6310. The lowest BCUT2D eigenvalue weighted by molar-refractivity contribution is 0.0582. The van der Waals surface area contributed by atoms with Crippen molar-refractivity contribution in [3.05, 3.63) is 307 Å². The molecule has 27 heteroatoms. The first kappa shape index (κ1) is 78.2. The molecular weight excluding hydrogens is 1510 g/mol. The van der Waals surface area contributed by atoms with Gasteiger partial charge < -0.3 is 25.3 Å². The molecule has 0 aliphatic carbocycles. The third-order valence-electron chi connectivity index (χ3n) is 17.8. The molecule has 0 saturated carbocycles. The van der Waals surface area contributed by atoms with Crippen molar-refractivity contribution >= 4 is 175 Å². The number of benzene rings is 8. The average molecular weight is 1580 g/mol. The molecule has 111 heavy (non-hydrogen) atoms. The van der Waals surface area contributed by atoms with Crippen LogP contribution in [0.4, 0.5) is 5.82 Å². The Hall–Kier alpha value is -12.4. The molecule has 558 valence electrons. The van der Waals surface area contributed by atoms with Crippen LogP contribution in [0, 0.1) is 13.8 Å². The number of nitrogens with zero attached hydrogens (tertiary/aromatic N) is 12. The number of para-hydroxylation sites is 3. The normalized spacial score (nSPS) is 10.9. The van der Waals surface area contributed by atoms with Gasteiger partial charge in [-0.15, -0.1) is 11.6 Å². The van der Waals surface area contributed by atoms with Crippen LogP contribution in [0.2, 0.25) is 20.1 Å². The van der Waals surface area contributed by atoms with Crippen LogP contribution in [-0.4, -0.2) is 110 Å². The molecule has 1 amide bonds. The van der Waals surface area contributed by atoms with Gasteiger partial charge in [-0.3, -0.25) is 43.9 Å². The van der Waals surface area contributed by atoms with Gasteiger partial charge in [0.2, 0.25) is 0 Å². The number of aromatic amines is 1. The minimum absolute atomic E-state index is 0. The highest BCUT2D eigenvalue weighted by atomic mass is 35.5. The molecule has 4 N–H and O–H groups in total. The fourth-order valence-corrected chi connectivity index (χ4v) is 13.4. The van der Waals surface area contributed by atoms with Crippen LogP contribution >= 0.6 is 58.0 Å². The highest BCUT2D eigenvalue weighted by Gasteiger charge is 2.22. The number of carbonyl (C=O) groups excluding carboxylic acids is 4. The van der Waals surface area contributed by atoms with Crippen molar-refractivity contribution in [1.29, 1.82) is 0 Å². The number of ether oxygens (including phenoxy) is 3. The molecule has 17 aromatic rings. The van der Waals surface area contributed by atoms with Crippen LogP contribution in [-0.2, 0) is 46.3 Å². The number of hydrogen-bond acceptors (Lipinski definition) is 17. The third kappa shape index (κ3) is 18.1. The summed E-state index contributed by atoms with van der Waals surface area (Å²) >= 11 is 29.7. The summed E-state index contributed by atoms with van der Waals surface area (Å²) in [5, 5.41) is 32.8. The standard InChI is InChI=1S/C26H23ClN6O.2C19H14ClN3O2.C10H7Cl2N.C9H8N2O2.CH4/c1-15-9-24(28)31-16(2)21(15)13-30-26(34)25-20-5-3-4-6-23(20)33(32-25)14-17-7-8-22-18(10-17)11-19(27)12-29-22;1-25-19(24)18-15-4-2-3-5-17(15)23(22-18)11-12-6-7-16-13(8-12)9-14(20)10-21-16;1-25-19(24)18-15-4-2-3-5-17(15)22-23(18)11-12-6-7-16-13(8-12)9-14(20)10-21-16;11-5-7-1-2-10-8(3-7)4-9(12)6-13-10;1-13-9(12)8-6-4-2-3-5-7(6)10-11-8;/h3-12H,13-14H2,1-2H3,(H2,28,31)(H,30,34);2*2-10H,11H2,1H3;1-4,6H,5H2;2-5H,1H3,(H,10,11);1H4. The maximum absolute atomic E-state index is 13.1. The maximum atomic E-state index is 13.1. The van der Waals surface area contributed by atoms with Crippen LogP contribution in [0.1, 0.15) is 88.5 Å². The van der Waals surface area contributed by atoms with E-state index in [0.717, 1.165) is 126 Å². The second kappa shape index (κ2) is 35.3. The second-order valence-electron chi connectivity index (χ2n) is 25.1. The number of rotatable bonds is 13. The minimum Gasteiger partial charge on any atom is -0.464 e. The van der Waals surface area contributed by atoms with Crippen molar-refractivity contribution in [3.63, 3.8) is 0 Å². The molecule has 0 atom stereocenters. The largest absolute Gasteiger partial charge is 0.464 e. The molecule has 9 heterocycles. The van der Waals surface area contributed by atoms with E-state index in [1.807, 2.05) is 219 Å². The highest BCUT2D eigenvalue weighted by molar-refractivity contribution is 6.32. The molecule has 0 radical (unpaired) electrons. The molecule has 17 rings (SSSR count). The van der Waals surface area contributed by atoms with E-state index in [1.54, 1.807) is 34.2 Å². The van der Waals surface area contributed by atoms with Gasteiger partial charge in [-0.1, -0.05) is 151 Å². The van der Waals surface area contributed by atoms with Gasteiger partial charge in [0.05, 0.1) is 105 Å². The Morgan fingerprint density at radius 3 is 1.35 bits per heavy atom. The summed E-state index contributed by atoms with van der Waals surface area (Å²) in [4.78, 5) is 70.0. The summed E-state index contributed by atoms with van der Waals surface area (Å²) in [6, 6.07) is 63.4. The Kier molecular flexibility index (Phi) is 24.8. The zero-order valence-corrected chi connectivity index (χ0v) is 63.4. The number of methoxy groups -OCH3 is 3. The van der Waals surface area contributed by atoms with E-state index < -0.39 is 17.9 Å². The molecule has 0 saturated heterocycles. The number of amides is 1. The number of carbonyl (C=O) groups is 4. The van der Waals surface area contributed by atoms with E-state index in [4.69, 9.17) is 73.2 Å². The van der Waals surface area contributed by atoms with Gasteiger partial charge in [0, 0.05) is 86.0 Å². The Morgan fingerprint density at radius 2 is 0.865 bits per heavy atom. The summed E-state index contributed by atoms with van der Waals surface area (Å²) in [6.45, 7) is 5.69. The maximum Gasteiger partial charge on any atom is 0.359 e. The zero-order valence-electron chi connectivity index (χ0n) is 59.6. The topological polar surface area (TPSA) is 281 Å². The van der Waals surface area contributed by atoms with E-state index in [9.17, 15) is 19.2 Å². The number of aryl methyl sites for hydroxylation is 2. The number of nitrogen functional groups attached to an aromatic ring is 1. The fourth-order valence-electron chi connectivity index (χ4n) is 12.6. The SMILES string of the molecule is C.COC(=O)c1c2ccccc2nn1Cc1ccc2ncc(Cl)cc2c1.COC(=O)c1n[nH]c2ccccc12.COC(=O)c1nn(Cc2ccc3ncc(Cl)cc3c2)c2ccccc12.Cc1cc(N)nc(C)c1CNC(=O)c1nn(Cc2ccc3ncc(Cl)cc3c2)c2ccccc12.ClCc1ccc2ncc(Cl)cc2c1. The van der Waals surface area contributed by atoms with Crippen molar-refractivity contribution in [2.24, 2.45) is 0 Å². The lowest BCUT2D eigenvalue weighted by Crippen LogP contribution is -2.25. The molecule has 0 aliphatic rings. The number of nitrogens with two attached hydrogens (primary N) is 1. The van der Waals surface area contributed by atoms with E-state index in [1.165, 1.54) is 21.3 Å². The molecule has 0 spiro atoms. The number of fused-ring (bicyclic) bond motifs is 8. The number of H-pyrrole nitrogens is 1. The summed E-state index contributed by atoms with van der Waals surface area (Å²) in [7, 11) is 4.07. The summed E-state index contributed by atoms with van der Waals surface area (Å²) in [6.07, 6.45) is 6.54. The summed E-state index contributed by atoms with van der Waals surface area (Å²) < 4.78 is 19.7. The average Bonchev–Trinajstić information content (AvgIpc) is 1.65. The van der Waals surface area contributed by atoms with Crippen molar-refractivity contribution in [2.45, 2.75) is 53.3 Å². The molecule has 0 bridgehead atoms. The number of nitrogens with one attached hydrogen (secondary N) is 2. The molecular formula is C84H70Cl5N15O7. The Labute approximate surface area is 661 Å². The van der Waals surface area contributed by atoms with E-state index in [-0.39, 0.29) is 13.3 Å². The second-order valence-corrected chi connectivity index (χ2v) is 27.1. The van der Waals surface area contributed by atoms with Gasteiger partial charge in [0.25, 0.3) is 5.91 Å². The van der Waals surface area contributed by atoms with Crippen LogP contribution in [0.15, 0.2) is 225 Å². The highest BCUT2D eigenvalue weighted by Crippen LogP contribution is 2.29. The molecule has 0 fully saturated rings. The number of pyridine rings is 5. The Morgan fingerprint density at radius 1 is 0.450 bits per heavy atom. The van der Waals surface area contributed by atoms with Crippen LogP contribution in [0.5, 0.6) is 0 Å². The lowest BCUT2D eigenvalue weighted by atomic mass is 10.1. The number of hydrogen-bond donors (Lipinski definition) is 3. The predicted molar refractivity (Wildman–Crippen MR) is 439 cm³/mol. The summed E-state index contributed by atoms with van der Waals surface area (Å²) in [5.41, 5.74) is 21.2. The first-order chi connectivity index (χ1) is 53.3. The van der Waals surface area contributed by atoms with Gasteiger partial charge in [-0.25, -0.2) is 19.4 Å². The molecule has 0 unspecified atom stereocenters. The van der Waals surface area contributed by atoms with Gasteiger partial charge in [0.15, 0.2) is 22.8 Å². The lowest BCUT2D eigenvalue weighted by Gasteiger charge is -2.11. The van der Waals surface area contributed by atoms with Gasteiger partial charge in [-0.05, 0) is 150 Å².